The molecular weight excluding hydrogens is 272 g/mol. The smallest absolute Gasteiger partial charge is 0.133 e. The van der Waals surface area contributed by atoms with Crippen LogP contribution in [0.3, 0.4) is 0 Å². The lowest BCUT2D eigenvalue weighted by molar-refractivity contribution is 0.125. The molecule has 0 aliphatic heterocycles. The van der Waals surface area contributed by atoms with Crippen molar-refractivity contribution in [2.75, 3.05) is 0 Å². The average molecular weight is 294 g/mol. The molecule has 1 aromatic rings. The quantitative estimate of drug-likeness (QED) is 0.873. The van der Waals surface area contributed by atoms with E-state index >= 15 is 0 Å². The van der Waals surface area contributed by atoms with Crippen LogP contribution in [0.2, 0.25) is 0 Å². The van der Waals surface area contributed by atoms with E-state index in [4.69, 9.17) is 5.73 Å². The lowest BCUT2D eigenvalue weighted by Gasteiger charge is -2.21. The Morgan fingerprint density at radius 2 is 1.79 bits per heavy atom. The van der Waals surface area contributed by atoms with Crippen LogP contribution in [-0.2, 0) is 0 Å². The van der Waals surface area contributed by atoms with Crippen molar-refractivity contribution < 1.29 is 13.9 Å². The minimum atomic E-state index is -1.02. The molecular formula is C14H22ClF2NO. The Bertz CT molecular complexity index is 413. The first-order chi connectivity index (χ1) is 8.34. The van der Waals surface area contributed by atoms with Gasteiger partial charge in [-0.15, -0.1) is 12.4 Å². The van der Waals surface area contributed by atoms with E-state index in [0.717, 1.165) is 6.42 Å². The molecule has 0 heterocycles. The van der Waals surface area contributed by atoms with Crippen LogP contribution in [0.25, 0.3) is 0 Å². The van der Waals surface area contributed by atoms with Crippen LogP contribution in [0.1, 0.15) is 43.9 Å². The molecule has 0 unspecified atom stereocenters. The number of benzene rings is 1. The monoisotopic (exact) mass is 293 g/mol. The SMILES string of the molecule is Cc1ccc(F)c([C@@H](N)[C@@H](O)CCC(C)C)c1F.Cl. The number of aliphatic hydroxyl groups is 1. The van der Waals surface area contributed by atoms with E-state index in [1.54, 1.807) is 6.92 Å². The summed E-state index contributed by atoms with van der Waals surface area (Å²) in [6.45, 7) is 5.59. The molecule has 0 aromatic heterocycles. The van der Waals surface area contributed by atoms with Crippen LogP contribution in [0.4, 0.5) is 8.78 Å². The number of rotatable bonds is 5. The zero-order valence-electron chi connectivity index (χ0n) is 11.5. The maximum Gasteiger partial charge on any atom is 0.133 e. The number of aliphatic hydroxyl groups excluding tert-OH is 1. The highest BCUT2D eigenvalue weighted by Gasteiger charge is 2.24. The first-order valence-corrected chi connectivity index (χ1v) is 6.22. The fraction of sp³-hybridized carbons (Fsp3) is 0.571. The molecule has 2 atom stereocenters. The van der Waals surface area contributed by atoms with Crippen molar-refractivity contribution in [1.29, 1.82) is 0 Å². The van der Waals surface area contributed by atoms with Crippen molar-refractivity contribution in [3.05, 3.63) is 34.9 Å². The summed E-state index contributed by atoms with van der Waals surface area (Å²) in [5.41, 5.74) is 5.88. The van der Waals surface area contributed by atoms with Crippen molar-refractivity contribution in [1.82, 2.24) is 0 Å². The fourth-order valence-electron chi connectivity index (χ4n) is 1.86. The maximum atomic E-state index is 13.8. The van der Waals surface area contributed by atoms with E-state index in [0.29, 0.717) is 17.9 Å². The van der Waals surface area contributed by atoms with Gasteiger partial charge in [-0.05, 0) is 37.3 Å². The fourth-order valence-corrected chi connectivity index (χ4v) is 1.86. The zero-order chi connectivity index (χ0) is 13.9. The minimum Gasteiger partial charge on any atom is -0.391 e. The summed E-state index contributed by atoms with van der Waals surface area (Å²) >= 11 is 0. The highest BCUT2D eigenvalue weighted by Crippen LogP contribution is 2.26. The highest BCUT2D eigenvalue weighted by atomic mass is 35.5. The molecule has 0 aliphatic carbocycles. The van der Waals surface area contributed by atoms with Gasteiger partial charge in [-0.3, -0.25) is 0 Å². The molecule has 0 bridgehead atoms. The standard InChI is InChI=1S/C14H21F2NO.ClH/c1-8(2)4-7-11(18)14(17)12-10(15)6-5-9(3)13(12)16;/h5-6,8,11,14,18H,4,7,17H2,1-3H3;1H/t11-,14-;/m0./s1. The van der Waals surface area contributed by atoms with Gasteiger partial charge in [0, 0.05) is 5.56 Å². The third kappa shape index (κ3) is 4.71. The Labute approximate surface area is 119 Å². The molecule has 0 fully saturated rings. The summed E-state index contributed by atoms with van der Waals surface area (Å²) in [4.78, 5) is 0. The van der Waals surface area contributed by atoms with Gasteiger partial charge in [0.15, 0.2) is 0 Å². The molecule has 1 aromatic carbocycles. The Hall–Kier alpha value is -0.710. The summed E-state index contributed by atoms with van der Waals surface area (Å²) in [7, 11) is 0. The lowest BCUT2D eigenvalue weighted by Crippen LogP contribution is -2.28. The predicted octanol–water partition coefficient (Wildman–Crippen LogP) is 3.49. The Morgan fingerprint density at radius 3 is 2.32 bits per heavy atom. The molecule has 0 saturated carbocycles. The van der Waals surface area contributed by atoms with Gasteiger partial charge >= 0.3 is 0 Å². The summed E-state index contributed by atoms with van der Waals surface area (Å²) in [6, 6.07) is 1.52. The molecule has 110 valence electrons. The molecule has 5 heteroatoms. The van der Waals surface area contributed by atoms with Crippen molar-refractivity contribution in [2.24, 2.45) is 11.7 Å². The van der Waals surface area contributed by atoms with Crippen molar-refractivity contribution >= 4 is 12.4 Å². The van der Waals surface area contributed by atoms with Gasteiger partial charge in [0.1, 0.15) is 11.6 Å². The maximum absolute atomic E-state index is 13.8. The first kappa shape index (κ1) is 18.3. The molecule has 2 nitrogen and oxygen atoms in total. The van der Waals surface area contributed by atoms with E-state index in [-0.39, 0.29) is 18.0 Å². The minimum absolute atomic E-state index is 0. The lowest BCUT2D eigenvalue weighted by atomic mass is 9.94. The van der Waals surface area contributed by atoms with E-state index in [9.17, 15) is 13.9 Å². The van der Waals surface area contributed by atoms with Crippen LogP contribution in [0.15, 0.2) is 12.1 Å². The first-order valence-electron chi connectivity index (χ1n) is 6.22. The molecule has 19 heavy (non-hydrogen) atoms. The van der Waals surface area contributed by atoms with Gasteiger partial charge in [0.25, 0.3) is 0 Å². The van der Waals surface area contributed by atoms with Gasteiger partial charge in [-0.1, -0.05) is 19.9 Å². The molecule has 0 aliphatic rings. The highest BCUT2D eigenvalue weighted by molar-refractivity contribution is 5.85. The Balaban J connectivity index is 0.00000324. The van der Waals surface area contributed by atoms with Crippen LogP contribution in [0.5, 0.6) is 0 Å². The summed E-state index contributed by atoms with van der Waals surface area (Å²) in [6.07, 6.45) is 0.272. The van der Waals surface area contributed by atoms with Gasteiger partial charge in [0.05, 0.1) is 12.1 Å². The number of aryl methyl sites for hydroxylation is 1. The second-order valence-corrected chi connectivity index (χ2v) is 5.16. The normalized spacial score (nSPS) is 14.1. The summed E-state index contributed by atoms with van der Waals surface area (Å²) < 4.78 is 27.4. The third-order valence-corrected chi connectivity index (χ3v) is 3.11. The van der Waals surface area contributed by atoms with Crippen molar-refractivity contribution in [3.8, 4) is 0 Å². The van der Waals surface area contributed by atoms with E-state index in [2.05, 4.69) is 0 Å². The van der Waals surface area contributed by atoms with Crippen LogP contribution in [-0.4, -0.2) is 11.2 Å². The second kappa shape index (κ2) is 7.78. The van der Waals surface area contributed by atoms with Gasteiger partial charge in [0.2, 0.25) is 0 Å². The van der Waals surface area contributed by atoms with Crippen molar-refractivity contribution in [2.45, 2.75) is 45.8 Å². The van der Waals surface area contributed by atoms with Gasteiger partial charge < -0.3 is 10.8 Å². The zero-order valence-corrected chi connectivity index (χ0v) is 12.3. The average Bonchev–Trinajstić information content (AvgIpc) is 2.31. The Kier molecular flexibility index (Phi) is 7.49. The number of nitrogens with two attached hydrogens (primary N) is 1. The summed E-state index contributed by atoms with van der Waals surface area (Å²) in [5, 5.41) is 9.90. The van der Waals surface area contributed by atoms with Gasteiger partial charge in [-0.25, -0.2) is 8.78 Å². The molecule has 3 N–H and O–H groups in total. The predicted molar refractivity (Wildman–Crippen MR) is 75.4 cm³/mol. The van der Waals surface area contributed by atoms with E-state index in [1.807, 2.05) is 13.8 Å². The Morgan fingerprint density at radius 1 is 1.21 bits per heavy atom. The number of hydrogen-bond acceptors (Lipinski definition) is 2. The van der Waals surface area contributed by atoms with E-state index in [1.165, 1.54) is 12.1 Å². The third-order valence-electron chi connectivity index (χ3n) is 3.11. The second-order valence-electron chi connectivity index (χ2n) is 5.16. The number of hydrogen-bond donors (Lipinski definition) is 2. The molecule has 0 saturated heterocycles. The van der Waals surface area contributed by atoms with Crippen LogP contribution < -0.4 is 5.73 Å². The molecule has 0 spiro atoms. The largest absolute Gasteiger partial charge is 0.391 e. The van der Waals surface area contributed by atoms with Gasteiger partial charge in [-0.2, -0.15) is 0 Å². The van der Waals surface area contributed by atoms with Crippen molar-refractivity contribution in [3.63, 3.8) is 0 Å². The molecule has 1 rings (SSSR count). The van der Waals surface area contributed by atoms with Crippen LogP contribution >= 0.6 is 12.4 Å². The summed E-state index contributed by atoms with van der Waals surface area (Å²) in [5.74, 6) is -0.945. The number of halogens is 3. The topological polar surface area (TPSA) is 46.2 Å². The molecule has 0 radical (unpaired) electrons. The molecule has 0 amide bonds. The van der Waals surface area contributed by atoms with Crippen LogP contribution in [0, 0.1) is 24.5 Å². The van der Waals surface area contributed by atoms with E-state index < -0.39 is 23.8 Å².